The maximum atomic E-state index is 5.61. The smallest absolute Gasteiger partial charge is 0.119 e. The van der Waals surface area contributed by atoms with Gasteiger partial charge in [-0.15, -0.1) is 0 Å². The molecular formula is C14H19O. The van der Waals surface area contributed by atoms with Crippen LogP contribution >= 0.6 is 0 Å². The molecule has 81 valence electrons. The maximum absolute atomic E-state index is 5.61. The Kier molecular flexibility index (Phi) is 4.07. The summed E-state index contributed by atoms with van der Waals surface area (Å²) >= 11 is 0. The van der Waals surface area contributed by atoms with E-state index >= 15 is 0 Å². The van der Waals surface area contributed by atoms with Gasteiger partial charge in [0, 0.05) is 0 Å². The quantitative estimate of drug-likeness (QED) is 0.612. The summed E-state index contributed by atoms with van der Waals surface area (Å²) in [6.45, 7) is 0.856. The fourth-order valence-electron chi connectivity index (χ4n) is 1.78. The SMILES string of the molecule is [c]1ccc(OCCCCCC2CC2)cc1. The molecule has 1 aromatic rings. The first-order valence-corrected chi connectivity index (χ1v) is 6.04. The standard InChI is InChI=1S/C14H19O/c1-4-8-14(9-5-1)15-12-6-2-3-7-13-10-11-13/h4-5,8-9,13H,2-3,6-7,10-12H2. The van der Waals surface area contributed by atoms with Crippen molar-refractivity contribution in [3.63, 3.8) is 0 Å². The molecule has 0 bridgehead atoms. The van der Waals surface area contributed by atoms with Gasteiger partial charge < -0.3 is 4.74 Å². The van der Waals surface area contributed by atoms with Crippen LogP contribution in [-0.4, -0.2) is 6.61 Å². The minimum absolute atomic E-state index is 0.856. The number of benzene rings is 1. The van der Waals surface area contributed by atoms with Crippen molar-refractivity contribution < 1.29 is 4.74 Å². The zero-order chi connectivity index (χ0) is 10.3. The Morgan fingerprint density at radius 2 is 1.93 bits per heavy atom. The van der Waals surface area contributed by atoms with Crippen LogP contribution in [0.3, 0.4) is 0 Å². The number of hydrogen-bond donors (Lipinski definition) is 0. The average Bonchev–Trinajstić information content (AvgIpc) is 3.09. The average molecular weight is 203 g/mol. The van der Waals surface area contributed by atoms with Gasteiger partial charge in [-0.3, -0.25) is 0 Å². The zero-order valence-corrected chi connectivity index (χ0v) is 9.24. The van der Waals surface area contributed by atoms with Gasteiger partial charge >= 0.3 is 0 Å². The molecule has 0 saturated heterocycles. The van der Waals surface area contributed by atoms with E-state index in [4.69, 9.17) is 4.74 Å². The van der Waals surface area contributed by atoms with E-state index in [0.717, 1.165) is 18.3 Å². The largest absolute Gasteiger partial charge is 0.494 e. The Morgan fingerprint density at radius 1 is 1.13 bits per heavy atom. The Hall–Kier alpha value is -0.980. The molecule has 0 heterocycles. The van der Waals surface area contributed by atoms with Crippen LogP contribution in [0.15, 0.2) is 24.3 Å². The second kappa shape index (κ2) is 5.79. The lowest BCUT2D eigenvalue weighted by molar-refractivity contribution is 0.304. The number of hydrogen-bond acceptors (Lipinski definition) is 1. The molecular weight excluding hydrogens is 184 g/mol. The molecule has 1 radical (unpaired) electrons. The van der Waals surface area contributed by atoms with Crippen LogP contribution in [0.2, 0.25) is 0 Å². The zero-order valence-electron chi connectivity index (χ0n) is 9.24. The molecule has 2 rings (SSSR count). The van der Waals surface area contributed by atoms with E-state index < -0.39 is 0 Å². The number of ether oxygens (including phenoxy) is 1. The van der Waals surface area contributed by atoms with Crippen LogP contribution in [0.1, 0.15) is 38.5 Å². The topological polar surface area (TPSA) is 9.23 Å². The van der Waals surface area contributed by atoms with Gasteiger partial charge in [0.25, 0.3) is 0 Å². The first kappa shape index (κ1) is 10.5. The summed E-state index contributed by atoms with van der Waals surface area (Å²) in [4.78, 5) is 0. The molecule has 1 saturated carbocycles. The molecule has 1 aromatic carbocycles. The third-order valence-electron chi connectivity index (χ3n) is 2.91. The van der Waals surface area contributed by atoms with Gasteiger partial charge in [-0.1, -0.05) is 44.2 Å². The van der Waals surface area contributed by atoms with E-state index in [-0.39, 0.29) is 0 Å². The van der Waals surface area contributed by atoms with E-state index in [9.17, 15) is 0 Å². The minimum Gasteiger partial charge on any atom is -0.494 e. The predicted molar refractivity (Wildman–Crippen MR) is 62.0 cm³/mol. The van der Waals surface area contributed by atoms with Crippen LogP contribution in [0.5, 0.6) is 5.75 Å². The fourth-order valence-corrected chi connectivity index (χ4v) is 1.78. The van der Waals surface area contributed by atoms with Gasteiger partial charge in [-0.2, -0.15) is 0 Å². The summed E-state index contributed by atoms with van der Waals surface area (Å²) in [7, 11) is 0. The summed E-state index contributed by atoms with van der Waals surface area (Å²) in [5, 5.41) is 0. The normalized spacial score (nSPS) is 15.2. The fraction of sp³-hybridized carbons (Fsp3) is 0.571. The van der Waals surface area contributed by atoms with Crippen LogP contribution < -0.4 is 4.74 Å². The van der Waals surface area contributed by atoms with E-state index in [1.54, 1.807) is 0 Å². The van der Waals surface area contributed by atoms with Gasteiger partial charge in [0.15, 0.2) is 0 Å². The first-order chi connectivity index (χ1) is 7.45. The van der Waals surface area contributed by atoms with Crippen LogP contribution in [-0.2, 0) is 0 Å². The highest BCUT2D eigenvalue weighted by Crippen LogP contribution is 2.33. The predicted octanol–water partition coefficient (Wildman–Crippen LogP) is 3.84. The molecule has 0 aromatic heterocycles. The van der Waals surface area contributed by atoms with Crippen molar-refractivity contribution in [1.82, 2.24) is 0 Å². The van der Waals surface area contributed by atoms with Crippen molar-refractivity contribution >= 4 is 0 Å². The summed E-state index contributed by atoms with van der Waals surface area (Å²) in [5.41, 5.74) is 0. The van der Waals surface area contributed by atoms with Gasteiger partial charge in [-0.05, 0) is 30.5 Å². The first-order valence-electron chi connectivity index (χ1n) is 6.04. The Morgan fingerprint density at radius 3 is 2.67 bits per heavy atom. The van der Waals surface area contributed by atoms with E-state index in [1.807, 2.05) is 24.3 Å². The lowest BCUT2D eigenvalue weighted by Crippen LogP contribution is -1.96. The van der Waals surface area contributed by atoms with Crippen molar-refractivity contribution in [2.24, 2.45) is 5.92 Å². The summed E-state index contributed by atoms with van der Waals surface area (Å²) < 4.78 is 5.61. The van der Waals surface area contributed by atoms with Crippen molar-refractivity contribution in [3.05, 3.63) is 30.3 Å². The molecule has 0 unspecified atom stereocenters. The summed E-state index contributed by atoms with van der Waals surface area (Å²) in [5.74, 6) is 2.05. The monoisotopic (exact) mass is 203 g/mol. The number of rotatable bonds is 7. The summed E-state index contributed by atoms with van der Waals surface area (Å²) in [6.07, 6.45) is 8.30. The lowest BCUT2D eigenvalue weighted by atomic mass is 10.1. The van der Waals surface area contributed by atoms with Gasteiger partial charge in [0.2, 0.25) is 0 Å². The molecule has 0 N–H and O–H groups in total. The number of unbranched alkanes of at least 4 members (excludes halogenated alkanes) is 2. The highest BCUT2D eigenvalue weighted by molar-refractivity contribution is 5.20. The molecule has 1 heteroatoms. The molecule has 0 aliphatic heterocycles. The maximum Gasteiger partial charge on any atom is 0.119 e. The van der Waals surface area contributed by atoms with Crippen molar-refractivity contribution in [3.8, 4) is 5.75 Å². The van der Waals surface area contributed by atoms with Crippen molar-refractivity contribution in [1.29, 1.82) is 0 Å². The molecule has 1 aliphatic carbocycles. The second-order valence-electron chi connectivity index (χ2n) is 4.38. The van der Waals surface area contributed by atoms with Crippen molar-refractivity contribution in [2.75, 3.05) is 6.61 Å². The Balaban J connectivity index is 1.47. The van der Waals surface area contributed by atoms with Crippen LogP contribution in [0, 0.1) is 12.0 Å². The van der Waals surface area contributed by atoms with Crippen LogP contribution in [0.25, 0.3) is 0 Å². The van der Waals surface area contributed by atoms with Gasteiger partial charge in [-0.25, -0.2) is 0 Å². The molecule has 0 spiro atoms. The highest BCUT2D eigenvalue weighted by atomic mass is 16.5. The molecule has 1 aliphatic rings. The van der Waals surface area contributed by atoms with E-state index in [1.165, 1.54) is 38.5 Å². The van der Waals surface area contributed by atoms with Crippen molar-refractivity contribution in [2.45, 2.75) is 38.5 Å². The second-order valence-corrected chi connectivity index (χ2v) is 4.38. The third-order valence-corrected chi connectivity index (χ3v) is 2.91. The molecule has 1 fully saturated rings. The molecule has 15 heavy (non-hydrogen) atoms. The molecule has 0 amide bonds. The Labute approximate surface area is 92.5 Å². The minimum atomic E-state index is 0.856. The lowest BCUT2D eigenvalue weighted by Gasteiger charge is -2.05. The molecule has 1 nitrogen and oxygen atoms in total. The van der Waals surface area contributed by atoms with Gasteiger partial charge in [0.05, 0.1) is 6.61 Å². The van der Waals surface area contributed by atoms with E-state index in [0.29, 0.717) is 0 Å². The third kappa shape index (κ3) is 4.37. The summed E-state index contributed by atoms with van der Waals surface area (Å²) in [6, 6.07) is 10.7. The van der Waals surface area contributed by atoms with E-state index in [2.05, 4.69) is 6.07 Å². The molecule has 0 atom stereocenters. The van der Waals surface area contributed by atoms with Gasteiger partial charge in [0.1, 0.15) is 5.75 Å². The van der Waals surface area contributed by atoms with Crippen LogP contribution in [0.4, 0.5) is 0 Å². The Bertz CT molecular complexity index is 264. The highest BCUT2D eigenvalue weighted by Gasteiger charge is 2.19.